The van der Waals surface area contributed by atoms with Crippen molar-refractivity contribution in [1.29, 1.82) is 0 Å². The number of aryl methyl sites for hydroxylation is 1. The van der Waals surface area contributed by atoms with E-state index in [4.69, 9.17) is 4.74 Å². The Labute approximate surface area is 118 Å². The van der Waals surface area contributed by atoms with Gasteiger partial charge in [0.1, 0.15) is 11.3 Å². The summed E-state index contributed by atoms with van der Waals surface area (Å²) in [6, 6.07) is 9.47. The van der Waals surface area contributed by atoms with E-state index < -0.39 is 0 Å². The Balaban J connectivity index is 1.96. The monoisotopic (exact) mass is 315 g/mol. The van der Waals surface area contributed by atoms with E-state index in [-0.39, 0.29) is 0 Å². The zero-order chi connectivity index (χ0) is 13.2. The van der Waals surface area contributed by atoms with Crippen molar-refractivity contribution in [2.45, 2.75) is 6.92 Å². The maximum Gasteiger partial charge on any atom is 0.221 e. The molecule has 0 aliphatic carbocycles. The quantitative estimate of drug-likeness (QED) is 0.720. The fraction of sp³-hybridized carbons (Fsp3) is 0.0714. The van der Waals surface area contributed by atoms with E-state index in [1.54, 1.807) is 18.5 Å². The van der Waals surface area contributed by atoms with Crippen molar-refractivity contribution in [3.05, 3.63) is 52.8 Å². The van der Waals surface area contributed by atoms with Crippen molar-refractivity contribution < 1.29 is 4.74 Å². The van der Waals surface area contributed by atoms with Crippen molar-refractivity contribution in [2.75, 3.05) is 0 Å². The summed E-state index contributed by atoms with van der Waals surface area (Å²) in [6.07, 6.45) is 3.26. The zero-order valence-corrected chi connectivity index (χ0v) is 11.8. The Bertz CT molecular complexity index is 746. The lowest BCUT2D eigenvalue weighted by Gasteiger charge is -2.08. The molecule has 2 aromatic heterocycles. The molecule has 4 nitrogen and oxygen atoms in total. The molecule has 0 spiro atoms. The lowest BCUT2D eigenvalue weighted by atomic mass is 10.2. The molecular formula is C14H10BrN3O. The topological polar surface area (TPSA) is 47.9 Å². The van der Waals surface area contributed by atoms with Crippen molar-refractivity contribution >= 4 is 27.1 Å². The average molecular weight is 316 g/mol. The van der Waals surface area contributed by atoms with Crippen molar-refractivity contribution in [1.82, 2.24) is 15.0 Å². The van der Waals surface area contributed by atoms with Crippen LogP contribution in [0, 0.1) is 6.92 Å². The number of benzene rings is 1. The fourth-order valence-electron chi connectivity index (χ4n) is 1.73. The van der Waals surface area contributed by atoms with Crippen molar-refractivity contribution in [3.63, 3.8) is 0 Å². The second-order valence-corrected chi connectivity index (χ2v) is 4.98. The lowest BCUT2D eigenvalue weighted by molar-refractivity contribution is 0.461. The Morgan fingerprint density at radius 3 is 2.74 bits per heavy atom. The molecule has 0 amide bonds. The Morgan fingerprint density at radius 1 is 1.05 bits per heavy atom. The van der Waals surface area contributed by atoms with Crippen LogP contribution in [-0.4, -0.2) is 15.0 Å². The molecule has 0 N–H and O–H groups in total. The molecule has 2 heterocycles. The van der Waals surface area contributed by atoms with E-state index in [0.717, 1.165) is 21.3 Å². The number of hydrogen-bond donors (Lipinski definition) is 0. The molecule has 0 aliphatic heterocycles. The number of pyridine rings is 1. The van der Waals surface area contributed by atoms with Crippen LogP contribution in [0.2, 0.25) is 0 Å². The Kier molecular flexibility index (Phi) is 3.13. The smallest absolute Gasteiger partial charge is 0.221 e. The van der Waals surface area contributed by atoms with Gasteiger partial charge in [0.2, 0.25) is 5.88 Å². The summed E-state index contributed by atoms with van der Waals surface area (Å²) in [5.41, 5.74) is 2.37. The zero-order valence-electron chi connectivity index (χ0n) is 10.2. The second kappa shape index (κ2) is 4.93. The molecule has 19 heavy (non-hydrogen) atoms. The number of nitrogens with zero attached hydrogens (tertiary/aromatic N) is 3. The van der Waals surface area contributed by atoms with Gasteiger partial charge in [-0.05, 0) is 36.8 Å². The minimum absolute atomic E-state index is 0.512. The van der Waals surface area contributed by atoms with E-state index in [1.165, 1.54) is 0 Å². The Morgan fingerprint density at radius 2 is 1.89 bits per heavy atom. The third-order valence-corrected chi connectivity index (χ3v) is 3.15. The molecular weight excluding hydrogens is 306 g/mol. The minimum Gasteiger partial charge on any atom is -0.439 e. The summed E-state index contributed by atoms with van der Waals surface area (Å²) < 4.78 is 6.80. The van der Waals surface area contributed by atoms with E-state index in [2.05, 4.69) is 30.9 Å². The molecule has 94 valence electrons. The lowest BCUT2D eigenvalue weighted by Crippen LogP contribution is -1.92. The van der Waals surface area contributed by atoms with Crippen LogP contribution < -0.4 is 4.74 Å². The van der Waals surface area contributed by atoms with Crippen molar-refractivity contribution in [3.8, 4) is 11.6 Å². The number of aromatic nitrogens is 3. The predicted molar refractivity (Wildman–Crippen MR) is 76.3 cm³/mol. The van der Waals surface area contributed by atoms with Gasteiger partial charge in [-0.15, -0.1) is 0 Å². The highest BCUT2D eigenvalue weighted by Crippen LogP contribution is 2.26. The van der Waals surface area contributed by atoms with E-state index in [0.29, 0.717) is 11.5 Å². The van der Waals surface area contributed by atoms with E-state index >= 15 is 0 Å². The molecule has 3 aromatic rings. The predicted octanol–water partition coefficient (Wildman–Crippen LogP) is 3.89. The molecule has 0 atom stereocenters. The number of fused-ring (bicyclic) bond motifs is 1. The van der Waals surface area contributed by atoms with Crippen LogP contribution in [0.3, 0.4) is 0 Å². The number of hydrogen-bond acceptors (Lipinski definition) is 4. The van der Waals surface area contributed by atoms with Crippen molar-refractivity contribution in [2.24, 2.45) is 0 Å². The highest BCUT2D eigenvalue weighted by atomic mass is 79.9. The first-order chi connectivity index (χ1) is 9.22. The molecule has 5 heteroatoms. The molecule has 0 fully saturated rings. The van der Waals surface area contributed by atoms with E-state index in [9.17, 15) is 0 Å². The largest absolute Gasteiger partial charge is 0.439 e. The highest BCUT2D eigenvalue weighted by Gasteiger charge is 2.05. The summed E-state index contributed by atoms with van der Waals surface area (Å²) in [6.45, 7) is 1.99. The van der Waals surface area contributed by atoms with Crippen LogP contribution in [0.1, 0.15) is 5.56 Å². The number of halogens is 1. The van der Waals surface area contributed by atoms with Gasteiger partial charge in [-0.25, -0.2) is 4.98 Å². The van der Waals surface area contributed by atoms with E-state index in [1.807, 2.05) is 31.2 Å². The molecule has 0 saturated carbocycles. The first-order valence-corrected chi connectivity index (χ1v) is 6.53. The van der Waals surface area contributed by atoms with Crippen LogP contribution in [0.5, 0.6) is 11.6 Å². The SMILES string of the molecule is Cc1cc(Br)ccc1Oc1ccc2nccnc2n1. The van der Waals surface area contributed by atoms with Gasteiger partial charge in [-0.1, -0.05) is 15.9 Å². The summed E-state index contributed by atoms with van der Waals surface area (Å²) in [5, 5.41) is 0. The van der Waals surface area contributed by atoms with Gasteiger partial charge in [0.15, 0.2) is 5.65 Å². The first kappa shape index (κ1) is 12.0. The van der Waals surface area contributed by atoms with Crippen LogP contribution in [0.4, 0.5) is 0 Å². The van der Waals surface area contributed by atoms with Gasteiger partial charge in [0, 0.05) is 22.9 Å². The standard InChI is InChI=1S/C14H10BrN3O/c1-9-8-10(15)2-4-12(9)19-13-5-3-11-14(18-13)17-7-6-16-11/h2-8H,1H3. The van der Waals surface area contributed by atoms with Crippen LogP contribution in [-0.2, 0) is 0 Å². The van der Waals surface area contributed by atoms with Crippen LogP contribution >= 0.6 is 15.9 Å². The minimum atomic E-state index is 0.512. The second-order valence-electron chi connectivity index (χ2n) is 4.06. The Hall–Kier alpha value is -2.01. The number of ether oxygens (including phenoxy) is 1. The summed E-state index contributed by atoms with van der Waals surface area (Å²) in [7, 11) is 0. The molecule has 0 saturated heterocycles. The maximum atomic E-state index is 5.77. The molecule has 1 aromatic carbocycles. The van der Waals surface area contributed by atoms with Gasteiger partial charge in [-0.2, -0.15) is 4.98 Å². The van der Waals surface area contributed by atoms with Gasteiger partial charge in [0.05, 0.1) is 0 Å². The first-order valence-electron chi connectivity index (χ1n) is 5.74. The number of rotatable bonds is 2. The third-order valence-electron chi connectivity index (χ3n) is 2.66. The molecule has 3 rings (SSSR count). The molecule has 0 unspecified atom stereocenters. The summed E-state index contributed by atoms with van der Waals surface area (Å²) >= 11 is 3.42. The molecule has 0 aliphatic rings. The summed E-state index contributed by atoms with van der Waals surface area (Å²) in [5.74, 6) is 1.29. The van der Waals surface area contributed by atoms with Gasteiger partial charge >= 0.3 is 0 Å². The van der Waals surface area contributed by atoms with Gasteiger partial charge < -0.3 is 4.74 Å². The molecule has 0 radical (unpaired) electrons. The van der Waals surface area contributed by atoms with Crippen LogP contribution in [0.15, 0.2) is 47.2 Å². The molecule has 0 bridgehead atoms. The normalized spacial score (nSPS) is 10.6. The summed E-state index contributed by atoms with van der Waals surface area (Å²) in [4.78, 5) is 12.7. The maximum absolute atomic E-state index is 5.77. The van der Waals surface area contributed by atoms with Gasteiger partial charge in [-0.3, -0.25) is 4.98 Å². The fourth-order valence-corrected chi connectivity index (χ4v) is 2.21. The highest BCUT2D eigenvalue weighted by molar-refractivity contribution is 9.10. The van der Waals surface area contributed by atoms with Crippen LogP contribution in [0.25, 0.3) is 11.2 Å². The average Bonchev–Trinajstić information content (AvgIpc) is 2.42. The van der Waals surface area contributed by atoms with Gasteiger partial charge in [0.25, 0.3) is 0 Å². The third kappa shape index (κ3) is 2.56.